The van der Waals surface area contributed by atoms with Crippen LogP contribution in [0.25, 0.3) is 0 Å². The van der Waals surface area contributed by atoms with E-state index in [2.05, 4.69) is 5.32 Å². The maximum absolute atomic E-state index is 11.7. The van der Waals surface area contributed by atoms with Crippen molar-refractivity contribution in [1.29, 1.82) is 5.41 Å². The minimum atomic E-state index is -3.26. The number of rotatable bonds is 1. The molecule has 16 heavy (non-hydrogen) atoms. The number of amides is 2. The van der Waals surface area contributed by atoms with Gasteiger partial charge >= 0.3 is 6.03 Å². The van der Waals surface area contributed by atoms with Crippen LogP contribution >= 0.6 is 0 Å². The van der Waals surface area contributed by atoms with Gasteiger partial charge in [-0.05, 0) is 19.3 Å². The van der Waals surface area contributed by atoms with E-state index in [9.17, 15) is 13.2 Å². The third-order valence-corrected chi connectivity index (χ3v) is 5.30. The Morgan fingerprint density at radius 1 is 1.56 bits per heavy atom. The van der Waals surface area contributed by atoms with Gasteiger partial charge in [0.25, 0.3) is 0 Å². The van der Waals surface area contributed by atoms with E-state index in [-0.39, 0.29) is 11.9 Å². The Kier molecular flexibility index (Phi) is 2.27. The standard InChI is InChI=1S/C9H15N3O3S/c1-12-8(13)11-7(10)9(12)5-3-4-6(9)16(2,14)15/h6H,3-5H2,1-2H3,(H2,10,11,13). The van der Waals surface area contributed by atoms with Crippen molar-refractivity contribution < 1.29 is 13.2 Å². The van der Waals surface area contributed by atoms with Gasteiger partial charge in [-0.15, -0.1) is 0 Å². The average molecular weight is 245 g/mol. The first-order valence-corrected chi connectivity index (χ1v) is 7.08. The van der Waals surface area contributed by atoms with Gasteiger partial charge in [0.15, 0.2) is 9.84 Å². The zero-order valence-electron chi connectivity index (χ0n) is 9.28. The molecular formula is C9H15N3O3S. The number of hydrogen-bond donors (Lipinski definition) is 2. The highest BCUT2D eigenvalue weighted by Crippen LogP contribution is 2.41. The molecule has 2 rings (SSSR count). The van der Waals surface area contributed by atoms with E-state index >= 15 is 0 Å². The van der Waals surface area contributed by atoms with E-state index in [1.807, 2.05) is 0 Å². The summed E-state index contributed by atoms with van der Waals surface area (Å²) in [5.74, 6) is 0.0212. The number of likely N-dealkylation sites (N-methyl/N-ethyl adjacent to an activating group) is 1. The molecule has 1 heterocycles. The lowest BCUT2D eigenvalue weighted by molar-refractivity contribution is 0.194. The summed E-state index contributed by atoms with van der Waals surface area (Å²) in [7, 11) is -1.70. The third-order valence-electron chi connectivity index (χ3n) is 3.64. The third kappa shape index (κ3) is 1.27. The molecule has 90 valence electrons. The minimum absolute atomic E-state index is 0.0212. The van der Waals surface area contributed by atoms with Gasteiger partial charge in [0.05, 0.1) is 5.25 Å². The molecule has 2 fully saturated rings. The molecule has 1 spiro atoms. The first kappa shape index (κ1) is 11.4. The summed E-state index contributed by atoms with van der Waals surface area (Å²) in [5.41, 5.74) is -0.954. The molecule has 2 atom stereocenters. The van der Waals surface area contributed by atoms with Crippen LogP contribution in [0.2, 0.25) is 0 Å². The Morgan fingerprint density at radius 3 is 2.62 bits per heavy atom. The number of urea groups is 1. The molecule has 6 nitrogen and oxygen atoms in total. The number of nitrogens with zero attached hydrogens (tertiary/aromatic N) is 1. The molecule has 2 aliphatic rings. The van der Waals surface area contributed by atoms with E-state index in [0.29, 0.717) is 12.8 Å². The molecule has 0 aromatic heterocycles. The Labute approximate surface area is 94.4 Å². The van der Waals surface area contributed by atoms with Gasteiger partial charge in [-0.3, -0.25) is 10.7 Å². The van der Waals surface area contributed by atoms with E-state index in [1.165, 1.54) is 11.2 Å². The van der Waals surface area contributed by atoms with Gasteiger partial charge in [0.2, 0.25) is 0 Å². The maximum Gasteiger partial charge on any atom is 0.323 e. The zero-order chi connectivity index (χ0) is 12.1. The lowest BCUT2D eigenvalue weighted by Gasteiger charge is -2.34. The monoisotopic (exact) mass is 245 g/mol. The van der Waals surface area contributed by atoms with E-state index in [0.717, 1.165) is 6.42 Å². The molecule has 0 bridgehead atoms. The molecule has 1 aliphatic carbocycles. The molecule has 0 radical (unpaired) electrons. The van der Waals surface area contributed by atoms with Crippen molar-refractivity contribution in [3.8, 4) is 0 Å². The average Bonchev–Trinajstić information content (AvgIpc) is 2.67. The molecule has 1 saturated heterocycles. The topological polar surface area (TPSA) is 90.3 Å². The molecular weight excluding hydrogens is 230 g/mol. The number of carbonyl (C=O) groups is 1. The second kappa shape index (κ2) is 3.19. The lowest BCUT2D eigenvalue weighted by atomic mass is 9.95. The number of sulfone groups is 1. The van der Waals surface area contributed by atoms with Crippen LogP contribution in [0.1, 0.15) is 19.3 Å². The van der Waals surface area contributed by atoms with Crippen LogP contribution in [0, 0.1) is 5.41 Å². The molecule has 1 saturated carbocycles. The normalized spacial score (nSPS) is 34.9. The van der Waals surface area contributed by atoms with Crippen molar-refractivity contribution in [2.24, 2.45) is 0 Å². The smallest absolute Gasteiger partial charge is 0.313 e. The van der Waals surface area contributed by atoms with E-state index in [4.69, 9.17) is 5.41 Å². The first-order valence-electron chi connectivity index (χ1n) is 5.13. The Hall–Kier alpha value is -1.11. The molecule has 1 aliphatic heterocycles. The largest absolute Gasteiger partial charge is 0.323 e. The van der Waals surface area contributed by atoms with Crippen molar-refractivity contribution >= 4 is 21.7 Å². The van der Waals surface area contributed by atoms with Crippen molar-refractivity contribution in [3.05, 3.63) is 0 Å². The van der Waals surface area contributed by atoms with Gasteiger partial charge in [0.1, 0.15) is 11.4 Å². The van der Waals surface area contributed by atoms with E-state index < -0.39 is 20.6 Å². The first-order chi connectivity index (χ1) is 7.30. The molecule has 0 aromatic rings. The fraction of sp³-hybridized carbons (Fsp3) is 0.778. The Bertz CT molecular complexity index is 459. The van der Waals surface area contributed by atoms with Crippen LogP contribution in [0.5, 0.6) is 0 Å². The number of hydrogen-bond acceptors (Lipinski definition) is 4. The summed E-state index contributed by atoms with van der Waals surface area (Å²) < 4.78 is 23.5. The summed E-state index contributed by atoms with van der Waals surface area (Å²) >= 11 is 0. The van der Waals surface area contributed by atoms with Crippen molar-refractivity contribution in [2.75, 3.05) is 13.3 Å². The number of carbonyl (C=O) groups excluding carboxylic acids is 1. The van der Waals surface area contributed by atoms with Gasteiger partial charge < -0.3 is 4.90 Å². The highest BCUT2D eigenvalue weighted by atomic mass is 32.2. The second-order valence-electron chi connectivity index (χ2n) is 4.50. The Morgan fingerprint density at radius 2 is 2.19 bits per heavy atom. The Balaban J connectivity index is 2.52. The highest BCUT2D eigenvalue weighted by Gasteiger charge is 2.59. The quantitative estimate of drug-likeness (QED) is 0.679. The fourth-order valence-corrected chi connectivity index (χ4v) is 4.54. The van der Waals surface area contributed by atoms with Gasteiger partial charge in [-0.25, -0.2) is 13.2 Å². The summed E-state index contributed by atoms with van der Waals surface area (Å²) in [4.78, 5) is 12.9. The predicted octanol–water partition coefficient (Wildman–Crippen LogP) is -0.0454. The maximum atomic E-state index is 11.7. The summed E-state index contributed by atoms with van der Waals surface area (Å²) in [6.07, 6.45) is 2.95. The van der Waals surface area contributed by atoms with Crippen LogP contribution in [0.3, 0.4) is 0 Å². The SMILES string of the molecule is CN1C(=O)NC(=N)C12CCCC2S(C)(=O)=O. The van der Waals surface area contributed by atoms with Crippen molar-refractivity contribution in [3.63, 3.8) is 0 Å². The van der Waals surface area contributed by atoms with Crippen LogP contribution < -0.4 is 5.32 Å². The fourth-order valence-electron chi connectivity index (χ4n) is 2.84. The van der Waals surface area contributed by atoms with Gasteiger partial charge in [-0.1, -0.05) is 0 Å². The zero-order valence-corrected chi connectivity index (χ0v) is 10.1. The molecule has 2 N–H and O–H groups in total. The number of nitrogens with one attached hydrogen (secondary N) is 2. The molecule has 2 unspecified atom stereocenters. The summed E-state index contributed by atoms with van der Waals surface area (Å²) in [6, 6.07) is -0.388. The summed E-state index contributed by atoms with van der Waals surface area (Å²) in [6.45, 7) is 0. The highest BCUT2D eigenvalue weighted by molar-refractivity contribution is 7.91. The van der Waals surface area contributed by atoms with E-state index in [1.54, 1.807) is 7.05 Å². The van der Waals surface area contributed by atoms with Crippen LogP contribution in [-0.2, 0) is 9.84 Å². The second-order valence-corrected chi connectivity index (χ2v) is 6.73. The molecule has 2 amide bonds. The number of amidine groups is 1. The van der Waals surface area contributed by atoms with Crippen LogP contribution in [0.4, 0.5) is 4.79 Å². The van der Waals surface area contributed by atoms with Crippen molar-refractivity contribution in [1.82, 2.24) is 10.2 Å². The van der Waals surface area contributed by atoms with Crippen LogP contribution in [-0.4, -0.2) is 49.3 Å². The van der Waals surface area contributed by atoms with Crippen molar-refractivity contribution in [2.45, 2.75) is 30.1 Å². The van der Waals surface area contributed by atoms with Gasteiger partial charge in [-0.2, -0.15) is 0 Å². The predicted molar refractivity (Wildman–Crippen MR) is 59.2 cm³/mol. The minimum Gasteiger partial charge on any atom is -0.313 e. The lowest BCUT2D eigenvalue weighted by Crippen LogP contribution is -2.55. The van der Waals surface area contributed by atoms with Crippen LogP contribution in [0.15, 0.2) is 0 Å². The molecule has 0 aromatic carbocycles. The molecule has 7 heteroatoms. The van der Waals surface area contributed by atoms with Gasteiger partial charge in [0, 0.05) is 13.3 Å². The summed E-state index contributed by atoms with van der Waals surface area (Å²) in [5, 5.41) is 9.58.